The third-order valence-corrected chi connectivity index (χ3v) is 3.47. The van der Waals surface area contributed by atoms with Crippen LogP contribution in [0.15, 0.2) is 18.2 Å². The van der Waals surface area contributed by atoms with E-state index in [1.54, 1.807) is 46.0 Å². The van der Waals surface area contributed by atoms with E-state index in [0.29, 0.717) is 18.0 Å². The van der Waals surface area contributed by atoms with Crippen LogP contribution in [0.2, 0.25) is 0 Å². The third kappa shape index (κ3) is 5.53. The van der Waals surface area contributed by atoms with Crippen molar-refractivity contribution >= 4 is 23.4 Å². The standard InChI is InChI=1S/C17H25N3O5/c1-17(2,3)25-16(22)19-11-6-7-14-13(8-11)18-10-12(24-14)9-15(21)20(4)23-5/h6-8,12,18H,9-10H2,1-5H3,(H,19,22). The molecule has 0 saturated heterocycles. The molecule has 2 N–H and O–H groups in total. The number of nitrogens with one attached hydrogen (secondary N) is 2. The Balaban J connectivity index is 1.97. The molecule has 0 aromatic heterocycles. The third-order valence-electron chi connectivity index (χ3n) is 3.47. The number of fused-ring (bicyclic) bond motifs is 1. The quantitative estimate of drug-likeness (QED) is 0.811. The van der Waals surface area contributed by atoms with Gasteiger partial charge in [0.2, 0.25) is 5.91 Å². The Kier molecular flexibility index (Phi) is 5.73. The highest BCUT2D eigenvalue weighted by atomic mass is 16.7. The van der Waals surface area contributed by atoms with Crippen molar-refractivity contribution in [3.05, 3.63) is 18.2 Å². The number of hydrogen-bond acceptors (Lipinski definition) is 6. The molecule has 2 amide bonds. The van der Waals surface area contributed by atoms with Crippen LogP contribution >= 0.6 is 0 Å². The van der Waals surface area contributed by atoms with Crippen LogP contribution < -0.4 is 15.4 Å². The van der Waals surface area contributed by atoms with Gasteiger partial charge in [0.25, 0.3) is 0 Å². The van der Waals surface area contributed by atoms with Gasteiger partial charge in [-0.25, -0.2) is 9.86 Å². The summed E-state index contributed by atoms with van der Waals surface area (Å²) < 4.78 is 11.1. The second-order valence-corrected chi connectivity index (χ2v) is 6.74. The number of nitrogens with zero attached hydrogens (tertiary/aromatic N) is 1. The van der Waals surface area contributed by atoms with E-state index in [0.717, 1.165) is 5.69 Å². The summed E-state index contributed by atoms with van der Waals surface area (Å²) >= 11 is 0. The Morgan fingerprint density at radius 2 is 2.12 bits per heavy atom. The predicted molar refractivity (Wildman–Crippen MR) is 93.6 cm³/mol. The summed E-state index contributed by atoms with van der Waals surface area (Å²) in [5.74, 6) is 0.458. The SMILES string of the molecule is CON(C)C(=O)CC1CNc2cc(NC(=O)OC(C)(C)C)ccc2O1. The zero-order valence-electron chi connectivity index (χ0n) is 15.2. The zero-order chi connectivity index (χ0) is 18.6. The molecule has 1 atom stereocenters. The molecule has 1 unspecified atom stereocenters. The fraction of sp³-hybridized carbons (Fsp3) is 0.529. The molecule has 138 valence electrons. The summed E-state index contributed by atoms with van der Waals surface area (Å²) in [6.45, 7) is 5.89. The topological polar surface area (TPSA) is 89.1 Å². The van der Waals surface area contributed by atoms with Crippen molar-refractivity contribution in [1.82, 2.24) is 5.06 Å². The van der Waals surface area contributed by atoms with E-state index in [-0.39, 0.29) is 18.4 Å². The Labute approximate surface area is 147 Å². The van der Waals surface area contributed by atoms with Gasteiger partial charge < -0.3 is 14.8 Å². The molecular weight excluding hydrogens is 326 g/mol. The van der Waals surface area contributed by atoms with Crippen LogP contribution in [-0.4, -0.2) is 49.5 Å². The van der Waals surface area contributed by atoms with E-state index < -0.39 is 11.7 Å². The smallest absolute Gasteiger partial charge is 0.412 e. The molecule has 8 heteroatoms. The highest BCUT2D eigenvalue weighted by molar-refractivity contribution is 5.86. The second-order valence-electron chi connectivity index (χ2n) is 6.74. The lowest BCUT2D eigenvalue weighted by Crippen LogP contribution is -2.37. The molecule has 1 aliphatic rings. The number of benzene rings is 1. The van der Waals surface area contributed by atoms with E-state index in [1.165, 1.54) is 12.2 Å². The molecule has 1 aromatic rings. The molecule has 1 heterocycles. The zero-order valence-corrected chi connectivity index (χ0v) is 15.2. The van der Waals surface area contributed by atoms with Gasteiger partial charge >= 0.3 is 6.09 Å². The molecule has 8 nitrogen and oxygen atoms in total. The van der Waals surface area contributed by atoms with Crippen LogP contribution in [0, 0.1) is 0 Å². The minimum absolute atomic E-state index is 0.166. The van der Waals surface area contributed by atoms with Gasteiger partial charge in [-0.05, 0) is 39.0 Å². The summed E-state index contributed by atoms with van der Waals surface area (Å²) in [6.07, 6.45) is -0.605. The van der Waals surface area contributed by atoms with Gasteiger partial charge in [-0.2, -0.15) is 0 Å². The molecule has 1 aromatic carbocycles. The van der Waals surface area contributed by atoms with Crippen molar-refractivity contribution in [2.24, 2.45) is 0 Å². The normalized spacial score (nSPS) is 16.1. The monoisotopic (exact) mass is 351 g/mol. The molecule has 0 fully saturated rings. The number of amides is 2. The Morgan fingerprint density at radius 1 is 1.40 bits per heavy atom. The van der Waals surface area contributed by atoms with E-state index in [2.05, 4.69) is 10.6 Å². The van der Waals surface area contributed by atoms with Crippen LogP contribution in [0.5, 0.6) is 5.75 Å². The van der Waals surface area contributed by atoms with E-state index in [1.807, 2.05) is 0 Å². The number of hydroxylamine groups is 2. The molecule has 1 aliphatic heterocycles. The maximum Gasteiger partial charge on any atom is 0.412 e. The van der Waals surface area contributed by atoms with E-state index >= 15 is 0 Å². The predicted octanol–water partition coefficient (Wildman–Crippen LogP) is 2.62. The van der Waals surface area contributed by atoms with Gasteiger partial charge in [0, 0.05) is 12.7 Å². The first-order valence-corrected chi connectivity index (χ1v) is 8.03. The van der Waals surface area contributed by atoms with Gasteiger partial charge in [-0.1, -0.05) is 0 Å². The summed E-state index contributed by atoms with van der Waals surface area (Å²) in [5, 5.41) is 7.06. The average molecular weight is 351 g/mol. The van der Waals surface area contributed by atoms with E-state index in [9.17, 15) is 9.59 Å². The second kappa shape index (κ2) is 7.60. The van der Waals surface area contributed by atoms with Crippen LogP contribution in [0.25, 0.3) is 0 Å². The molecule has 0 bridgehead atoms. The fourth-order valence-electron chi connectivity index (χ4n) is 2.25. The first-order chi connectivity index (χ1) is 11.7. The lowest BCUT2D eigenvalue weighted by atomic mass is 10.1. The Bertz CT molecular complexity index is 642. The van der Waals surface area contributed by atoms with Gasteiger partial charge in [-0.3, -0.25) is 14.9 Å². The number of carbonyl (C=O) groups excluding carboxylic acids is 2. The lowest BCUT2D eigenvalue weighted by molar-refractivity contribution is -0.170. The maximum absolute atomic E-state index is 11.9. The first kappa shape index (κ1) is 18.9. The van der Waals surface area contributed by atoms with Crippen molar-refractivity contribution < 1.29 is 23.9 Å². The van der Waals surface area contributed by atoms with Crippen molar-refractivity contribution in [2.45, 2.75) is 38.9 Å². The molecule has 25 heavy (non-hydrogen) atoms. The summed E-state index contributed by atoms with van der Waals surface area (Å²) in [5.41, 5.74) is 0.782. The Hall–Kier alpha value is -2.48. The van der Waals surface area contributed by atoms with Crippen molar-refractivity contribution in [1.29, 1.82) is 0 Å². The van der Waals surface area contributed by atoms with Crippen molar-refractivity contribution in [3.8, 4) is 5.75 Å². The van der Waals surface area contributed by atoms with Crippen molar-refractivity contribution in [3.63, 3.8) is 0 Å². The van der Waals surface area contributed by atoms with Gasteiger partial charge in [0.15, 0.2) is 0 Å². The number of ether oxygens (including phenoxy) is 2. The maximum atomic E-state index is 11.9. The van der Waals surface area contributed by atoms with Crippen LogP contribution in [0.4, 0.5) is 16.2 Å². The first-order valence-electron chi connectivity index (χ1n) is 8.03. The highest BCUT2D eigenvalue weighted by Crippen LogP contribution is 2.32. The number of carbonyl (C=O) groups is 2. The van der Waals surface area contributed by atoms with Gasteiger partial charge in [0.1, 0.15) is 17.5 Å². The number of hydrogen-bond donors (Lipinski definition) is 2. The minimum Gasteiger partial charge on any atom is -0.486 e. The number of anilines is 2. The average Bonchev–Trinajstić information content (AvgIpc) is 2.52. The molecule has 0 spiro atoms. The van der Waals surface area contributed by atoms with Crippen molar-refractivity contribution in [2.75, 3.05) is 31.3 Å². The van der Waals surface area contributed by atoms with Gasteiger partial charge in [0.05, 0.1) is 25.8 Å². The fourth-order valence-corrected chi connectivity index (χ4v) is 2.25. The largest absolute Gasteiger partial charge is 0.486 e. The highest BCUT2D eigenvalue weighted by Gasteiger charge is 2.24. The minimum atomic E-state index is -0.561. The van der Waals surface area contributed by atoms with Crippen LogP contribution in [-0.2, 0) is 14.4 Å². The molecule has 0 radical (unpaired) electrons. The molecule has 2 rings (SSSR count). The summed E-state index contributed by atoms with van der Waals surface area (Å²) in [4.78, 5) is 28.6. The van der Waals surface area contributed by atoms with Gasteiger partial charge in [-0.15, -0.1) is 0 Å². The molecule has 0 aliphatic carbocycles. The van der Waals surface area contributed by atoms with Crippen LogP contribution in [0.1, 0.15) is 27.2 Å². The van der Waals surface area contributed by atoms with E-state index in [4.69, 9.17) is 14.3 Å². The van der Waals surface area contributed by atoms with Crippen LogP contribution in [0.3, 0.4) is 0 Å². The molecular formula is C17H25N3O5. The Morgan fingerprint density at radius 3 is 2.76 bits per heavy atom. The lowest BCUT2D eigenvalue weighted by Gasteiger charge is -2.28. The summed E-state index contributed by atoms with van der Waals surface area (Å²) in [6, 6.07) is 5.22. The summed E-state index contributed by atoms with van der Waals surface area (Å²) in [7, 11) is 2.99. The number of rotatable bonds is 4. The molecule has 0 saturated carbocycles.